The molecule has 0 aromatic carbocycles. The molecule has 0 aromatic rings. The zero-order chi connectivity index (χ0) is 55.2. The molecule has 2 atom stereocenters. The van der Waals surface area contributed by atoms with E-state index in [0.717, 1.165) is 142 Å². The lowest BCUT2D eigenvalue weighted by atomic mass is 9.95. The highest BCUT2D eigenvalue weighted by Gasteiger charge is 2.14. The van der Waals surface area contributed by atoms with E-state index in [1.165, 1.54) is 207 Å². The smallest absolute Gasteiger partial charge is 0.0594 e. The number of nitrogens with zero attached hydrogens (tertiary/aromatic N) is 4. The van der Waals surface area contributed by atoms with Gasteiger partial charge in [0.15, 0.2) is 0 Å². The molecule has 9 heterocycles. The fourth-order valence-corrected chi connectivity index (χ4v) is 10.6. The van der Waals surface area contributed by atoms with Gasteiger partial charge >= 0.3 is 0 Å². The average molecular weight is 1090 g/mol. The van der Waals surface area contributed by atoms with Crippen molar-refractivity contribution < 1.29 is 4.74 Å². The first-order chi connectivity index (χ1) is 37.3. The SMILES string of the molecule is NC1CCCCN1.NC1CCNCC1.NCC1CCCCN1.NCC1CCNCC1.NCCC1CCNCC1.NCCCN1CCCCC1.NCCN1CCCCC1.NCCN1CCCCC1.NCCN1CCOCC1. The van der Waals surface area contributed by atoms with E-state index in [1.54, 1.807) is 0 Å². The fraction of sp³-hybridized carbons (Fsp3) is 1.00. The van der Waals surface area contributed by atoms with Gasteiger partial charge in [-0.1, -0.05) is 25.7 Å². The van der Waals surface area contributed by atoms with Gasteiger partial charge in [0.2, 0.25) is 0 Å². The van der Waals surface area contributed by atoms with Crippen LogP contribution < -0.4 is 78.2 Å². The highest BCUT2D eigenvalue weighted by molar-refractivity contribution is 4.73. The van der Waals surface area contributed by atoms with Crippen molar-refractivity contribution in [2.45, 2.75) is 166 Å². The Hall–Kier alpha value is -0.760. The predicted octanol–water partition coefficient (Wildman–Crippen LogP) is 1.07. The molecule has 0 amide bonds. The van der Waals surface area contributed by atoms with E-state index < -0.39 is 0 Å². The predicted molar refractivity (Wildman–Crippen MR) is 327 cm³/mol. The summed E-state index contributed by atoms with van der Waals surface area (Å²) in [6, 6.07) is 1.09. The Balaban J connectivity index is 0.000000428. The monoisotopic (exact) mass is 1090 g/mol. The van der Waals surface area contributed by atoms with Crippen molar-refractivity contribution in [3.8, 4) is 0 Å². The van der Waals surface area contributed by atoms with Gasteiger partial charge in [-0.3, -0.25) is 4.90 Å². The van der Waals surface area contributed by atoms with Crippen molar-refractivity contribution in [2.75, 3.05) is 190 Å². The van der Waals surface area contributed by atoms with Crippen molar-refractivity contribution in [1.29, 1.82) is 0 Å². The number of nitrogens with one attached hydrogen (secondary N) is 5. The van der Waals surface area contributed by atoms with Crippen molar-refractivity contribution in [1.82, 2.24) is 46.2 Å². The lowest BCUT2D eigenvalue weighted by Crippen LogP contribution is -2.40. The van der Waals surface area contributed by atoms with Crippen molar-refractivity contribution in [3.63, 3.8) is 0 Å². The van der Waals surface area contributed by atoms with Gasteiger partial charge in [-0.2, -0.15) is 0 Å². The van der Waals surface area contributed by atoms with Gasteiger partial charge in [0.1, 0.15) is 0 Å². The van der Waals surface area contributed by atoms with E-state index in [0.29, 0.717) is 12.1 Å². The number of piperidine rings is 8. The minimum atomic E-state index is 0.286. The van der Waals surface area contributed by atoms with E-state index in [4.69, 9.17) is 56.3 Å². The van der Waals surface area contributed by atoms with Crippen LogP contribution in [0.5, 0.6) is 0 Å². The number of morpholine rings is 1. The van der Waals surface area contributed by atoms with Crippen LogP contribution in [0.15, 0.2) is 0 Å². The Morgan fingerprint density at radius 2 is 0.776 bits per heavy atom. The summed E-state index contributed by atoms with van der Waals surface area (Å²) in [6.07, 6.45) is 30.5. The maximum Gasteiger partial charge on any atom is 0.0594 e. The number of likely N-dealkylation sites (tertiary alicyclic amines) is 3. The molecule has 0 spiro atoms. The lowest BCUT2D eigenvalue weighted by molar-refractivity contribution is 0.0394. The van der Waals surface area contributed by atoms with Crippen LogP contribution in [0.3, 0.4) is 0 Å². The summed E-state index contributed by atoms with van der Waals surface area (Å²) >= 11 is 0. The number of hydrogen-bond acceptors (Lipinski definition) is 19. The molecule has 2 unspecified atom stereocenters. The molecule has 0 bridgehead atoms. The average Bonchev–Trinajstić information content (AvgIpc) is 3.48. The Bertz CT molecular complexity index is 978. The second-order valence-electron chi connectivity index (χ2n) is 22.4. The van der Waals surface area contributed by atoms with Crippen LogP contribution in [0.25, 0.3) is 0 Å². The molecule has 456 valence electrons. The zero-order valence-electron chi connectivity index (χ0n) is 49.5. The summed E-state index contributed by atoms with van der Waals surface area (Å²) in [7, 11) is 0. The van der Waals surface area contributed by atoms with E-state index in [1.807, 2.05) is 0 Å². The van der Waals surface area contributed by atoms with Crippen LogP contribution in [-0.4, -0.2) is 228 Å². The minimum Gasteiger partial charge on any atom is -0.379 e. The number of hydrogen-bond donors (Lipinski definition) is 14. The first-order valence-electron chi connectivity index (χ1n) is 31.8. The number of ether oxygens (including phenoxy) is 1. The van der Waals surface area contributed by atoms with Crippen LogP contribution in [-0.2, 0) is 4.74 Å². The van der Waals surface area contributed by atoms with E-state index >= 15 is 0 Å². The number of rotatable bonds is 13. The largest absolute Gasteiger partial charge is 0.379 e. The quantitative estimate of drug-likeness (QED) is 0.123. The Kier molecular flexibility index (Phi) is 54.1. The molecule has 9 rings (SSSR count). The Morgan fingerprint density at radius 3 is 1.08 bits per heavy atom. The summed E-state index contributed by atoms with van der Waals surface area (Å²) in [5.41, 5.74) is 49.1. The van der Waals surface area contributed by atoms with Gasteiger partial charge in [0.05, 0.1) is 19.4 Å². The molecule has 76 heavy (non-hydrogen) atoms. The fourth-order valence-electron chi connectivity index (χ4n) is 10.6. The van der Waals surface area contributed by atoms with Gasteiger partial charge in [-0.15, -0.1) is 0 Å². The third-order valence-corrected chi connectivity index (χ3v) is 15.7. The molecule has 0 aliphatic carbocycles. The van der Waals surface area contributed by atoms with E-state index in [2.05, 4.69) is 46.2 Å². The van der Waals surface area contributed by atoms with Crippen LogP contribution >= 0.6 is 0 Å². The normalized spacial score (nSPS) is 24.4. The lowest BCUT2D eigenvalue weighted by Gasteiger charge is -2.25. The molecule has 9 fully saturated rings. The summed E-state index contributed by atoms with van der Waals surface area (Å²) in [5, 5.41) is 16.4. The van der Waals surface area contributed by atoms with E-state index in [9.17, 15) is 0 Å². The zero-order valence-corrected chi connectivity index (χ0v) is 49.5. The van der Waals surface area contributed by atoms with Gasteiger partial charge < -0.3 is 97.6 Å². The molecule has 0 radical (unpaired) electrons. The van der Waals surface area contributed by atoms with Gasteiger partial charge in [-0.25, -0.2) is 0 Å². The van der Waals surface area contributed by atoms with Gasteiger partial charge in [-0.05, 0) is 252 Å². The maximum absolute atomic E-state index is 5.59. The van der Waals surface area contributed by atoms with Crippen molar-refractivity contribution in [3.05, 3.63) is 0 Å². The van der Waals surface area contributed by atoms with Crippen molar-refractivity contribution >= 4 is 0 Å². The summed E-state index contributed by atoms with van der Waals surface area (Å²) in [4.78, 5) is 9.74. The molecule has 23 N–H and O–H groups in total. The first kappa shape index (κ1) is 73.3. The van der Waals surface area contributed by atoms with Crippen molar-refractivity contribution in [2.24, 2.45) is 63.4 Å². The third-order valence-electron chi connectivity index (χ3n) is 15.7. The van der Waals surface area contributed by atoms with Crippen LogP contribution in [0.1, 0.15) is 148 Å². The molecule has 0 saturated carbocycles. The maximum atomic E-state index is 5.59. The molecular weight excluding hydrogens is 953 g/mol. The second-order valence-corrected chi connectivity index (χ2v) is 22.4. The summed E-state index contributed by atoms with van der Waals surface area (Å²) in [5.74, 6) is 1.72. The summed E-state index contributed by atoms with van der Waals surface area (Å²) < 4.78 is 5.16. The molecule has 9 aliphatic heterocycles. The Labute approximate surface area is 468 Å². The second kappa shape index (κ2) is 56.1. The van der Waals surface area contributed by atoms with Crippen LogP contribution in [0.2, 0.25) is 0 Å². The third kappa shape index (κ3) is 45.9. The minimum absolute atomic E-state index is 0.286. The molecule has 9 saturated heterocycles. The van der Waals surface area contributed by atoms with Gasteiger partial charge in [0.25, 0.3) is 0 Å². The van der Waals surface area contributed by atoms with Gasteiger partial charge in [0, 0.05) is 71.0 Å². The van der Waals surface area contributed by atoms with E-state index in [-0.39, 0.29) is 6.17 Å². The highest BCUT2D eigenvalue weighted by Crippen LogP contribution is 2.14. The summed E-state index contributed by atoms with van der Waals surface area (Å²) in [6.45, 7) is 31.0. The molecule has 19 nitrogen and oxygen atoms in total. The molecular formula is C57H132N18O. The van der Waals surface area contributed by atoms with Crippen LogP contribution in [0.4, 0.5) is 0 Å². The Morgan fingerprint density at radius 1 is 0.355 bits per heavy atom. The topological polar surface area (TPSA) is 317 Å². The molecule has 9 aliphatic rings. The molecule has 0 aromatic heterocycles. The number of nitrogens with two attached hydrogens (primary N) is 9. The highest BCUT2D eigenvalue weighted by atomic mass is 16.5. The first-order valence-corrected chi connectivity index (χ1v) is 31.8. The standard InChI is InChI=1S/C8H18N2.3C7H16N2.C6H14N2O.2C6H14N2.2C5H12N2/c9-5-4-8-10-6-2-1-3-7-10;8-4-1-7-2-5-9-6-3-7;2*8-4-7-9-5-2-1-3-6-9;7-1-2-8-3-5-9-6-4-8;7-5-6-1-3-8-4-2-6;7-5-6-3-1-2-4-8-6;6-5-1-3-7-4-2-5;6-5-3-1-2-4-7-5/h1-9H2;7,9H,1-6,8H2;2*1-8H2;1-7H2;2*6,8H,1-5,7H2;2*5,7H,1-4,6H2. The molecule has 19 heteroatoms. The van der Waals surface area contributed by atoms with Crippen LogP contribution in [0, 0.1) is 11.8 Å².